The van der Waals surface area contributed by atoms with Crippen molar-refractivity contribution in [2.75, 3.05) is 0 Å². The molecule has 0 N–H and O–H groups in total. The zero-order chi connectivity index (χ0) is 13.5. The summed E-state index contributed by atoms with van der Waals surface area (Å²) in [6.45, 7) is 6.14. The molecule has 1 aromatic heterocycles. The number of allylic oxidation sites excluding steroid dienone is 3. The van der Waals surface area contributed by atoms with E-state index in [4.69, 9.17) is 4.42 Å². The number of hydrogen-bond donors (Lipinski definition) is 0. The Labute approximate surface area is 113 Å². The van der Waals surface area contributed by atoms with E-state index in [0.717, 1.165) is 24.0 Å². The van der Waals surface area contributed by atoms with Crippen molar-refractivity contribution in [1.82, 2.24) is 10.2 Å². The monoisotopic (exact) mass is 254 g/mol. The molecule has 0 spiro atoms. The van der Waals surface area contributed by atoms with Crippen LogP contribution in [0.25, 0.3) is 11.5 Å². The molecule has 2 aromatic rings. The van der Waals surface area contributed by atoms with Gasteiger partial charge in [0.15, 0.2) is 0 Å². The number of rotatable bonds is 6. The van der Waals surface area contributed by atoms with E-state index in [0.29, 0.717) is 18.2 Å². The Hall–Kier alpha value is -2.16. The second-order valence-corrected chi connectivity index (χ2v) is 4.39. The van der Waals surface area contributed by atoms with E-state index in [2.05, 4.69) is 29.8 Å². The van der Waals surface area contributed by atoms with Crippen LogP contribution in [0.4, 0.5) is 0 Å². The van der Waals surface area contributed by atoms with E-state index < -0.39 is 0 Å². The molecule has 0 bridgehead atoms. The molecule has 1 heterocycles. The van der Waals surface area contributed by atoms with Crippen molar-refractivity contribution in [2.45, 2.75) is 26.2 Å². The normalized spacial score (nSPS) is 11.0. The predicted molar refractivity (Wildman–Crippen MR) is 76.6 cm³/mol. The lowest BCUT2D eigenvalue weighted by atomic mass is 10.2. The van der Waals surface area contributed by atoms with Crippen LogP contribution in [-0.2, 0) is 6.42 Å². The van der Waals surface area contributed by atoms with Crippen molar-refractivity contribution in [3.63, 3.8) is 0 Å². The Bertz CT molecular complexity index is 555. The smallest absolute Gasteiger partial charge is 0.247 e. The Balaban J connectivity index is 2.00. The van der Waals surface area contributed by atoms with Crippen molar-refractivity contribution >= 4 is 0 Å². The minimum absolute atomic E-state index is 0.556. The second-order valence-electron chi connectivity index (χ2n) is 4.39. The van der Waals surface area contributed by atoms with Crippen molar-refractivity contribution in [3.8, 4) is 11.5 Å². The number of hydrogen-bond acceptors (Lipinski definition) is 3. The van der Waals surface area contributed by atoms with Gasteiger partial charge >= 0.3 is 0 Å². The zero-order valence-electron chi connectivity index (χ0n) is 11.2. The highest BCUT2D eigenvalue weighted by atomic mass is 16.4. The average Bonchev–Trinajstić information content (AvgIpc) is 2.88. The molecule has 0 aliphatic heterocycles. The van der Waals surface area contributed by atoms with E-state index in [9.17, 15) is 0 Å². The topological polar surface area (TPSA) is 38.9 Å². The highest BCUT2D eigenvalue weighted by Crippen LogP contribution is 2.18. The molecule has 3 heteroatoms. The fourth-order valence-electron chi connectivity index (χ4n) is 1.69. The molecule has 0 saturated carbocycles. The van der Waals surface area contributed by atoms with Crippen LogP contribution in [0, 0.1) is 0 Å². The highest BCUT2D eigenvalue weighted by molar-refractivity contribution is 5.51. The molecule has 98 valence electrons. The van der Waals surface area contributed by atoms with Crippen LogP contribution in [0.15, 0.2) is 59.1 Å². The molecule has 0 amide bonds. The summed E-state index contributed by atoms with van der Waals surface area (Å²) in [4.78, 5) is 0. The van der Waals surface area contributed by atoms with Gasteiger partial charge in [0.25, 0.3) is 0 Å². The third-order valence-corrected chi connectivity index (χ3v) is 2.67. The minimum Gasteiger partial charge on any atom is -0.420 e. The summed E-state index contributed by atoms with van der Waals surface area (Å²) in [7, 11) is 0. The Morgan fingerprint density at radius 2 is 2.05 bits per heavy atom. The first-order valence-corrected chi connectivity index (χ1v) is 6.51. The molecule has 0 aliphatic rings. The second kappa shape index (κ2) is 6.69. The van der Waals surface area contributed by atoms with Gasteiger partial charge in [-0.3, -0.25) is 0 Å². The summed E-state index contributed by atoms with van der Waals surface area (Å²) in [5.41, 5.74) is 1.92. The Kier molecular flexibility index (Phi) is 4.67. The molecular weight excluding hydrogens is 236 g/mol. The molecule has 0 atom stereocenters. The zero-order valence-corrected chi connectivity index (χ0v) is 11.2. The van der Waals surface area contributed by atoms with E-state index in [-0.39, 0.29) is 0 Å². The van der Waals surface area contributed by atoms with Crippen LogP contribution in [-0.4, -0.2) is 10.2 Å². The van der Waals surface area contributed by atoms with Crippen molar-refractivity contribution in [3.05, 3.63) is 60.5 Å². The summed E-state index contributed by atoms with van der Waals surface area (Å²) in [5.74, 6) is 1.16. The fraction of sp³-hybridized carbons (Fsp3) is 0.250. The first kappa shape index (κ1) is 13.3. The van der Waals surface area contributed by atoms with Crippen LogP contribution < -0.4 is 0 Å². The molecule has 1 aromatic carbocycles. The number of aromatic nitrogens is 2. The number of benzene rings is 1. The van der Waals surface area contributed by atoms with Gasteiger partial charge in [-0.1, -0.05) is 50.3 Å². The highest BCUT2D eigenvalue weighted by Gasteiger charge is 2.08. The Morgan fingerprint density at radius 3 is 2.79 bits per heavy atom. The van der Waals surface area contributed by atoms with Gasteiger partial charge in [0.2, 0.25) is 11.8 Å². The SMILES string of the molecule is C=C(/C=C\CCC)Cc1nnc(-c2ccccc2)o1. The van der Waals surface area contributed by atoms with Gasteiger partial charge in [-0.25, -0.2) is 0 Å². The molecular formula is C16H18N2O. The van der Waals surface area contributed by atoms with Crippen LogP contribution in [0.2, 0.25) is 0 Å². The maximum absolute atomic E-state index is 5.63. The molecule has 0 saturated heterocycles. The lowest BCUT2D eigenvalue weighted by Gasteiger charge is -1.95. The molecule has 0 unspecified atom stereocenters. The molecule has 0 fully saturated rings. The largest absolute Gasteiger partial charge is 0.420 e. The van der Waals surface area contributed by atoms with Crippen LogP contribution in [0.1, 0.15) is 25.7 Å². The summed E-state index contributed by atoms with van der Waals surface area (Å²) >= 11 is 0. The predicted octanol–water partition coefficient (Wildman–Crippen LogP) is 4.19. The van der Waals surface area contributed by atoms with Gasteiger partial charge in [0.05, 0.1) is 6.42 Å². The van der Waals surface area contributed by atoms with E-state index in [1.807, 2.05) is 36.4 Å². The molecule has 2 rings (SSSR count). The summed E-state index contributed by atoms with van der Waals surface area (Å²) < 4.78 is 5.63. The van der Waals surface area contributed by atoms with Crippen LogP contribution in [0.3, 0.4) is 0 Å². The van der Waals surface area contributed by atoms with Crippen LogP contribution in [0.5, 0.6) is 0 Å². The number of unbranched alkanes of at least 4 members (excludes halogenated alkanes) is 1. The van der Waals surface area contributed by atoms with Gasteiger partial charge in [-0.05, 0) is 24.1 Å². The lowest BCUT2D eigenvalue weighted by Crippen LogP contribution is -1.86. The van der Waals surface area contributed by atoms with Crippen molar-refractivity contribution in [1.29, 1.82) is 0 Å². The molecule has 0 aliphatic carbocycles. The third kappa shape index (κ3) is 3.91. The quantitative estimate of drug-likeness (QED) is 0.725. The van der Waals surface area contributed by atoms with Gasteiger partial charge in [-0.2, -0.15) is 0 Å². The number of nitrogens with zero attached hydrogens (tertiary/aromatic N) is 2. The maximum atomic E-state index is 5.63. The van der Waals surface area contributed by atoms with Crippen molar-refractivity contribution < 1.29 is 4.42 Å². The average molecular weight is 254 g/mol. The van der Waals surface area contributed by atoms with Gasteiger partial charge < -0.3 is 4.42 Å². The van der Waals surface area contributed by atoms with Gasteiger partial charge in [0, 0.05) is 5.56 Å². The summed E-state index contributed by atoms with van der Waals surface area (Å²) in [5, 5.41) is 8.10. The minimum atomic E-state index is 0.556. The fourth-order valence-corrected chi connectivity index (χ4v) is 1.69. The first-order chi connectivity index (χ1) is 9.29. The van der Waals surface area contributed by atoms with Gasteiger partial charge in [0.1, 0.15) is 0 Å². The van der Waals surface area contributed by atoms with E-state index >= 15 is 0 Å². The Morgan fingerprint density at radius 1 is 1.26 bits per heavy atom. The molecule has 3 nitrogen and oxygen atoms in total. The standard InChI is InChI=1S/C16H18N2O/c1-3-4-6-9-13(2)12-15-17-18-16(19-15)14-10-7-5-8-11-14/h5-11H,2-4,12H2,1H3/b9-6-. The molecule has 0 radical (unpaired) electrons. The van der Waals surface area contributed by atoms with Crippen molar-refractivity contribution in [2.24, 2.45) is 0 Å². The summed E-state index contributed by atoms with van der Waals surface area (Å²) in [6.07, 6.45) is 6.95. The van der Waals surface area contributed by atoms with E-state index in [1.54, 1.807) is 0 Å². The first-order valence-electron chi connectivity index (χ1n) is 6.51. The van der Waals surface area contributed by atoms with Crippen LogP contribution >= 0.6 is 0 Å². The van der Waals surface area contributed by atoms with E-state index in [1.165, 1.54) is 0 Å². The third-order valence-electron chi connectivity index (χ3n) is 2.67. The maximum Gasteiger partial charge on any atom is 0.247 e. The molecule has 19 heavy (non-hydrogen) atoms. The summed E-state index contributed by atoms with van der Waals surface area (Å²) in [6, 6.07) is 9.76. The van der Waals surface area contributed by atoms with Gasteiger partial charge in [-0.15, -0.1) is 10.2 Å². The lowest BCUT2D eigenvalue weighted by molar-refractivity contribution is 0.518.